The maximum absolute atomic E-state index is 12.4. The van der Waals surface area contributed by atoms with Crippen molar-refractivity contribution < 1.29 is 19.2 Å². The Hall–Kier alpha value is -3.06. The van der Waals surface area contributed by atoms with Crippen molar-refractivity contribution in [1.29, 1.82) is 0 Å². The lowest BCUT2D eigenvalue weighted by Gasteiger charge is -2.45. The Balaban J connectivity index is 1.33. The van der Waals surface area contributed by atoms with Gasteiger partial charge in [-0.3, -0.25) is 9.63 Å². The molecule has 2 aromatic rings. The van der Waals surface area contributed by atoms with Crippen molar-refractivity contribution in [3.63, 3.8) is 0 Å². The van der Waals surface area contributed by atoms with E-state index in [0.29, 0.717) is 37.5 Å². The zero-order chi connectivity index (χ0) is 18.9. The Morgan fingerprint density at radius 1 is 1.19 bits per heavy atom. The summed E-state index contributed by atoms with van der Waals surface area (Å²) in [7, 11) is 1.58. The zero-order valence-electron chi connectivity index (χ0n) is 15.1. The highest BCUT2D eigenvalue weighted by Gasteiger charge is 2.54. The van der Waals surface area contributed by atoms with Gasteiger partial charge < -0.3 is 15.0 Å². The van der Waals surface area contributed by atoms with E-state index in [4.69, 9.17) is 9.57 Å². The number of hydrogen-bond donors (Lipinski definition) is 1. The van der Waals surface area contributed by atoms with Gasteiger partial charge in [0, 0.05) is 11.8 Å². The lowest BCUT2D eigenvalue weighted by atomic mass is 9.91. The predicted octanol–water partition coefficient (Wildman–Crippen LogP) is 2.65. The quantitative estimate of drug-likeness (QED) is 0.902. The number of carbonyl (C=O) groups is 2. The van der Waals surface area contributed by atoms with Crippen molar-refractivity contribution in [2.75, 3.05) is 25.5 Å². The van der Waals surface area contributed by atoms with E-state index in [-0.39, 0.29) is 11.9 Å². The van der Waals surface area contributed by atoms with Crippen molar-refractivity contribution in [1.82, 2.24) is 9.96 Å². The third kappa shape index (κ3) is 3.59. The van der Waals surface area contributed by atoms with Crippen LogP contribution in [0.25, 0.3) is 0 Å². The largest absolute Gasteiger partial charge is 0.497 e. The third-order valence-electron chi connectivity index (χ3n) is 4.79. The summed E-state index contributed by atoms with van der Waals surface area (Å²) in [5.74, 6) is 0.626. The van der Waals surface area contributed by atoms with Gasteiger partial charge in [0.1, 0.15) is 11.4 Å². The van der Waals surface area contributed by atoms with Crippen LogP contribution in [0.5, 0.6) is 5.75 Å². The Morgan fingerprint density at radius 2 is 1.96 bits per heavy atom. The number of urea groups is 1. The minimum atomic E-state index is -0.600. The van der Waals surface area contributed by atoms with E-state index in [1.165, 1.54) is 5.06 Å². The van der Waals surface area contributed by atoms with Gasteiger partial charge in [-0.2, -0.15) is 0 Å². The summed E-state index contributed by atoms with van der Waals surface area (Å²) in [6, 6.07) is 16.7. The fourth-order valence-electron chi connectivity index (χ4n) is 3.42. The first kappa shape index (κ1) is 17.4. The molecule has 0 unspecified atom stereocenters. The molecule has 1 spiro atoms. The molecule has 2 saturated heterocycles. The van der Waals surface area contributed by atoms with Crippen LogP contribution in [0.15, 0.2) is 54.6 Å². The highest BCUT2D eigenvalue weighted by molar-refractivity contribution is 5.90. The van der Waals surface area contributed by atoms with Crippen LogP contribution in [0.2, 0.25) is 0 Å². The molecule has 0 atom stereocenters. The average molecular weight is 367 g/mol. The SMILES string of the molecule is COc1cccc(NC(=O)N2CC3(CC(=O)N(Cc4ccccc4)O3)C2)c1. The third-order valence-corrected chi connectivity index (χ3v) is 4.79. The number of methoxy groups -OCH3 is 1. The smallest absolute Gasteiger partial charge is 0.322 e. The van der Waals surface area contributed by atoms with E-state index in [1.54, 1.807) is 24.1 Å². The van der Waals surface area contributed by atoms with Crippen LogP contribution in [0.3, 0.4) is 0 Å². The van der Waals surface area contributed by atoms with Crippen molar-refractivity contribution in [3.8, 4) is 5.75 Å². The molecular weight excluding hydrogens is 346 g/mol. The first-order chi connectivity index (χ1) is 13.1. The Morgan fingerprint density at radius 3 is 2.70 bits per heavy atom. The molecule has 1 N–H and O–H groups in total. The normalized spacial score (nSPS) is 17.7. The van der Waals surface area contributed by atoms with Gasteiger partial charge in [-0.15, -0.1) is 0 Å². The Kier molecular flexibility index (Phi) is 4.45. The van der Waals surface area contributed by atoms with Crippen LogP contribution in [-0.2, 0) is 16.2 Å². The van der Waals surface area contributed by atoms with Crippen LogP contribution in [-0.4, -0.2) is 47.7 Å². The first-order valence-corrected chi connectivity index (χ1v) is 8.80. The maximum atomic E-state index is 12.4. The van der Waals surface area contributed by atoms with E-state index in [1.807, 2.05) is 42.5 Å². The van der Waals surface area contributed by atoms with Crippen LogP contribution in [0.4, 0.5) is 10.5 Å². The molecule has 2 aliphatic heterocycles. The van der Waals surface area contributed by atoms with E-state index in [9.17, 15) is 9.59 Å². The first-order valence-electron chi connectivity index (χ1n) is 8.80. The number of nitrogens with zero attached hydrogens (tertiary/aromatic N) is 2. The van der Waals surface area contributed by atoms with Crippen molar-refractivity contribution in [2.24, 2.45) is 0 Å². The molecule has 2 aromatic carbocycles. The van der Waals surface area contributed by atoms with E-state index >= 15 is 0 Å². The van der Waals surface area contributed by atoms with Crippen LogP contribution >= 0.6 is 0 Å². The molecule has 2 fully saturated rings. The second kappa shape index (κ2) is 6.92. The molecule has 2 heterocycles. The molecule has 0 aliphatic carbocycles. The van der Waals surface area contributed by atoms with Gasteiger partial charge in [0.15, 0.2) is 0 Å². The van der Waals surface area contributed by atoms with Crippen molar-refractivity contribution >= 4 is 17.6 Å². The van der Waals surface area contributed by atoms with Gasteiger partial charge in [-0.1, -0.05) is 36.4 Å². The summed E-state index contributed by atoms with van der Waals surface area (Å²) in [4.78, 5) is 32.2. The van der Waals surface area contributed by atoms with Gasteiger partial charge in [0.2, 0.25) is 5.91 Å². The van der Waals surface area contributed by atoms with E-state index in [2.05, 4.69) is 5.32 Å². The fourth-order valence-corrected chi connectivity index (χ4v) is 3.42. The number of ether oxygens (including phenoxy) is 1. The van der Waals surface area contributed by atoms with Gasteiger partial charge in [0.05, 0.1) is 33.2 Å². The number of hydroxylamine groups is 2. The molecule has 27 heavy (non-hydrogen) atoms. The number of likely N-dealkylation sites (tertiary alicyclic amines) is 1. The number of anilines is 1. The average Bonchev–Trinajstić information content (AvgIpc) is 2.98. The Bertz CT molecular complexity index is 849. The molecule has 140 valence electrons. The summed E-state index contributed by atoms with van der Waals surface area (Å²) >= 11 is 0. The van der Waals surface area contributed by atoms with Gasteiger partial charge in [0.25, 0.3) is 0 Å². The van der Waals surface area contributed by atoms with Crippen LogP contribution < -0.4 is 10.1 Å². The van der Waals surface area contributed by atoms with Gasteiger partial charge in [-0.05, 0) is 17.7 Å². The lowest BCUT2D eigenvalue weighted by Crippen LogP contribution is -2.64. The topological polar surface area (TPSA) is 71.1 Å². The van der Waals surface area contributed by atoms with Gasteiger partial charge >= 0.3 is 6.03 Å². The summed E-state index contributed by atoms with van der Waals surface area (Å²) in [5, 5.41) is 4.25. The Labute approximate surface area is 157 Å². The van der Waals surface area contributed by atoms with Crippen LogP contribution in [0, 0.1) is 0 Å². The fraction of sp³-hybridized carbons (Fsp3) is 0.300. The summed E-state index contributed by atoms with van der Waals surface area (Å²) in [6.45, 7) is 1.19. The molecule has 2 aliphatic rings. The molecule has 0 saturated carbocycles. The second-order valence-corrected chi connectivity index (χ2v) is 6.89. The minimum absolute atomic E-state index is 0.0493. The molecular formula is C20H21N3O4. The summed E-state index contributed by atoms with van der Waals surface area (Å²) in [6.07, 6.45) is 0.294. The second-order valence-electron chi connectivity index (χ2n) is 6.89. The highest BCUT2D eigenvalue weighted by Crippen LogP contribution is 2.36. The molecule has 3 amide bonds. The molecule has 4 rings (SSSR count). The molecule has 7 nitrogen and oxygen atoms in total. The number of amides is 3. The molecule has 0 radical (unpaired) electrons. The summed E-state index contributed by atoms with van der Waals surface area (Å²) < 4.78 is 5.16. The lowest BCUT2D eigenvalue weighted by molar-refractivity contribution is -0.232. The zero-order valence-corrected chi connectivity index (χ0v) is 15.1. The highest BCUT2D eigenvalue weighted by atomic mass is 16.7. The number of nitrogens with one attached hydrogen (secondary N) is 1. The van der Waals surface area contributed by atoms with E-state index in [0.717, 1.165) is 5.56 Å². The predicted molar refractivity (Wildman–Crippen MR) is 99.0 cm³/mol. The summed E-state index contributed by atoms with van der Waals surface area (Å²) in [5.41, 5.74) is 1.07. The number of carbonyl (C=O) groups excluding carboxylic acids is 2. The molecule has 0 aromatic heterocycles. The van der Waals surface area contributed by atoms with Gasteiger partial charge in [-0.25, -0.2) is 9.86 Å². The van der Waals surface area contributed by atoms with Crippen molar-refractivity contribution in [3.05, 3.63) is 60.2 Å². The molecule has 7 heteroatoms. The standard InChI is InChI=1S/C20H21N3O4/c1-26-17-9-5-8-16(10-17)21-19(25)22-13-20(14-22)11-18(24)23(27-20)12-15-6-3-2-4-7-15/h2-10H,11-14H2,1H3,(H,21,25). The van der Waals surface area contributed by atoms with E-state index < -0.39 is 5.60 Å². The minimum Gasteiger partial charge on any atom is -0.497 e. The number of hydrogen-bond acceptors (Lipinski definition) is 4. The van der Waals surface area contributed by atoms with Crippen molar-refractivity contribution in [2.45, 2.75) is 18.6 Å². The molecule has 0 bridgehead atoms. The van der Waals surface area contributed by atoms with Crippen LogP contribution in [0.1, 0.15) is 12.0 Å². The maximum Gasteiger partial charge on any atom is 0.322 e. The monoisotopic (exact) mass is 367 g/mol. The number of benzene rings is 2. The number of rotatable bonds is 4.